The van der Waals surface area contributed by atoms with Crippen molar-refractivity contribution < 1.29 is 14.3 Å². The van der Waals surface area contributed by atoms with Crippen molar-refractivity contribution in [2.24, 2.45) is 12.8 Å². The number of fused-ring (bicyclic) bond motifs is 1. The summed E-state index contributed by atoms with van der Waals surface area (Å²) in [5.74, 6) is -2.64. The van der Waals surface area contributed by atoms with Crippen molar-refractivity contribution in [2.75, 3.05) is 6.54 Å². The highest BCUT2D eigenvalue weighted by molar-refractivity contribution is 5.84. The van der Waals surface area contributed by atoms with Gasteiger partial charge >= 0.3 is 5.97 Å². The van der Waals surface area contributed by atoms with Gasteiger partial charge in [-0.05, 0) is 18.2 Å². The third-order valence-electron chi connectivity index (χ3n) is 2.91. The second kappa shape index (κ2) is 4.18. The van der Waals surface area contributed by atoms with Gasteiger partial charge in [0, 0.05) is 36.3 Å². The molecule has 0 radical (unpaired) electrons. The van der Waals surface area contributed by atoms with Gasteiger partial charge in [0.25, 0.3) is 0 Å². The Morgan fingerprint density at radius 3 is 2.88 bits per heavy atom. The maximum Gasteiger partial charge on any atom is 0.312 e. The third-order valence-corrected chi connectivity index (χ3v) is 2.91. The Morgan fingerprint density at radius 1 is 1.59 bits per heavy atom. The first-order valence-corrected chi connectivity index (χ1v) is 5.22. The van der Waals surface area contributed by atoms with E-state index in [2.05, 4.69) is 0 Å². The van der Waals surface area contributed by atoms with Crippen LogP contribution in [0.15, 0.2) is 24.4 Å². The maximum absolute atomic E-state index is 13.8. The lowest BCUT2D eigenvalue weighted by Crippen LogP contribution is -2.22. The fraction of sp³-hybridized carbons (Fsp3) is 0.250. The van der Waals surface area contributed by atoms with Gasteiger partial charge in [0.1, 0.15) is 5.82 Å². The van der Waals surface area contributed by atoms with Crippen molar-refractivity contribution in [1.29, 1.82) is 0 Å². The minimum absolute atomic E-state index is 0.123. The Kier molecular flexibility index (Phi) is 2.85. The van der Waals surface area contributed by atoms with E-state index in [-0.39, 0.29) is 12.1 Å². The van der Waals surface area contributed by atoms with E-state index in [9.17, 15) is 9.18 Å². The Balaban J connectivity index is 2.63. The number of carbonyl (C=O) groups is 1. The lowest BCUT2D eigenvalue weighted by molar-refractivity contribution is -0.138. The molecule has 1 aromatic carbocycles. The number of carboxylic acid groups (broad SMARTS) is 1. The summed E-state index contributed by atoms with van der Waals surface area (Å²) in [4.78, 5) is 11.0. The molecule has 0 bridgehead atoms. The summed E-state index contributed by atoms with van der Waals surface area (Å²) >= 11 is 0. The van der Waals surface area contributed by atoms with Crippen LogP contribution in [0.4, 0.5) is 4.39 Å². The number of aryl methyl sites for hydroxylation is 1. The number of halogens is 1. The molecule has 3 N–H and O–H groups in total. The van der Waals surface area contributed by atoms with Crippen LogP contribution in [0.1, 0.15) is 11.5 Å². The number of hydrogen-bond acceptors (Lipinski definition) is 2. The van der Waals surface area contributed by atoms with E-state index in [4.69, 9.17) is 10.8 Å². The molecule has 2 rings (SSSR count). The van der Waals surface area contributed by atoms with Crippen molar-refractivity contribution in [2.45, 2.75) is 5.92 Å². The van der Waals surface area contributed by atoms with Crippen LogP contribution in [0.25, 0.3) is 10.9 Å². The Hall–Kier alpha value is -1.88. The quantitative estimate of drug-likeness (QED) is 0.847. The van der Waals surface area contributed by atoms with Crippen molar-refractivity contribution in [3.8, 4) is 0 Å². The largest absolute Gasteiger partial charge is 0.481 e. The number of aromatic nitrogens is 1. The first-order chi connectivity index (χ1) is 8.04. The monoisotopic (exact) mass is 236 g/mol. The van der Waals surface area contributed by atoms with Crippen molar-refractivity contribution >= 4 is 16.9 Å². The molecule has 4 nitrogen and oxygen atoms in total. The molecule has 1 aromatic heterocycles. The number of aliphatic carboxylic acids is 1. The number of rotatable bonds is 3. The molecule has 1 unspecified atom stereocenters. The minimum Gasteiger partial charge on any atom is -0.481 e. The summed E-state index contributed by atoms with van der Waals surface area (Å²) < 4.78 is 15.6. The van der Waals surface area contributed by atoms with Gasteiger partial charge in [-0.1, -0.05) is 0 Å². The van der Waals surface area contributed by atoms with E-state index in [1.807, 2.05) is 11.6 Å². The standard InChI is InChI=1S/C12H13FN2O2/c1-15-3-2-7-4-10(13)8(5-11(7)15)9(6-14)12(16)17/h2-5,9H,6,14H2,1H3,(H,16,17). The van der Waals surface area contributed by atoms with Crippen molar-refractivity contribution in [1.82, 2.24) is 4.57 Å². The van der Waals surface area contributed by atoms with E-state index in [1.165, 1.54) is 6.07 Å². The average molecular weight is 236 g/mol. The maximum atomic E-state index is 13.8. The number of carboxylic acids is 1. The molecule has 17 heavy (non-hydrogen) atoms. The molecule has 0 amide bonds. The zero-order valence-electron chi connectivity index (χ0n) is 9.35. The van der Waals surface area contributed by atoms with Gasteiger partial charge in [0.15, 0.2) is 0 Å². The molecule has 0 fully saturated rings. The molecule has 1 atom stereocenters. The lowest BCUT2D eigenvalue weighted by Gasteiger charge is -2.11. The molecule has 90 valence electrons. The predicted molar refractivity (Wildman–Crippen MR) is 62.3 cm³/mol. The van der Waals surface area contributed by atoms with Crippen LogP contribution < -0.4 is 5.73 Å². The summed E-state index contributed by atoms with van der Waals surface area (Å²) in [5, 5.41) is 9.73. The second-order valence-corrected chi connectivity index (χ2v) is 3.99. The predicted octanol–water partition coefficient (Wildman–Crippen LogP) is 1.44. The minimum atomic E-state index is -1.11. The zero-order chi connectivity index (χ0) is 12.6. The number of nitrogens with two attached hydrogens (primary N) is 1. The molecule has 0 saturated heterocycles. The Morgan fingerprint density at radius 2 is 2.29 bits per heavy atom. The van der Waals surface area contributed by atoms with Gasteiger partial charge in [0.2, 0.25) is 0 Å². The molecule has 1 heterocycles. The van der Waals surface area contributed by atoms with Crippen LogP contribution in [-0.4, -0.2) is 22.2 Å². The van der Waals surface area contributed by atoms with Crippen LogP contribution in [0.3, 0.4) is 0 Å². The van der Waals surface area contributed by atoms with E-state index in [0.29, 0.717) is 0 Å². The first-order valence-electron chi connectivity index (χ1n) is 5.22. The molecule has 0 saturated carbocycles. The molecule has 2 aromatic rings. The van der Waals surface area contributed by atoms with Crippen LogP contribution in [0, 0.1) is 5.82 Å². The van der Waals surface area contributed by atoms with Crippen molar-refractivity contribution in [3.63, 3.8) is 0 Å². The summed E-state index contributed by atoms with van der Waals surface area (Å²) in [6.45, 7) is -0.123. The SMILES string of the molecule is Cn1ccc2cc(F)c(C(CN)C(=O)O)cc21. The highest BCUT2D eigenvalue weighted by atomic mass is 19.1. The second-order valence-electron chi connectivity index (χ2n) is 3.99. The highest BCUT2D eigenvalue weighted by Crippen LogP contribution is 2.25. The average Bonchev–Trinajstić information content (AvgIpc) is 2.61. The smallest absolute Gasteiger partial charge is 0.312 e. The van der Waals surface area contributed by atoms with E-state index >= 15 is 0 Å². The fourth-order valence-corrected chi connectivity index (χ4v) is 1.93. The molecule has 0 spiro atoms. The lowest BCUT2D eigenvalue weighted by atomic mass is 9.97. The van der Waals surface area contributed by atoms with Crippen LogP contribution in [-0.2, 0) is 11.8 Å². The molecule has 0 aliphatic rings. The van der Waals surface area contributed by atoms with E-state index in [0.717, 1.165) is 10.9 Å². The van der Waals surface area contributed by atoms with E-state index in [1.54, 1.807) is 18.3 Å². The Bertz CT molecular complexity index is 577. The molecular formula is C12H13FN2O2. The van der Waals surface area contributed by atoms with Crippen LogP contribution >= 0.6 is 0 Å². The number of nitrogens with zero attached hydrogens (tertiary/aromatic N) is 1. The highest BCUT2D eigenvalue weighted by Gasteiger charge is 2.22. The molecule has 0 aliphatic heterocycles. The summed E-state index contributed by atoms with van der Waals surface area (Å²) in [7, 11) is 1.82. The zero-order valence-corrected chi connectivity index (χ0v) is 9.35. The molecule has 5 heteroatoms. The third kappa shape index (κ3) is 1.89. The molecular weight excluding hydrogens is 223 g/mol. The number of benzene rings is 1. The first kappa shape index (κ1) is 11.6. The summed E-state index contributed by atoms with van der Waals surface area (Å²) in [5.41, 5.74) is 6.30. The normalized spacial score (nSPS) is 12.9. The van der Waals surface area contributed by atoms with Gasteiger partial charge in [-0.2, -0.15) is 0 Å². The van der Waals surface area contributed by atoms with E-state index < -0.39 is 17.7 Å². The van der Waals surface area contributed by atoms with Crippen molar-refractivity contribution in [3.05, 3.63) is 35.8 Å². The topological polar surface area (TPSA) is 68.2 Å². The van der Waals surface area contributed by atoms with Crippen LogP contribution in [0.5, 0.6) is 0 Å². The summed E-state index contributed by atoms with van der Waals surface area (Å²) in [6.07, 6.45) is 1.80. The van der Waals surface area contributed by atoms with Gasteiger partial charge in [-0.15, -0.1) is 0 Å². The van der Waals surface area contributed by atoms with Crippen LogP contribution in [0.2, 0.25) is 0 Å². The molecule has 0 aliphatic carbocycles. The Labute approximate surface area is 97.5 Å². The van der Waals surface area contributed by atoms with Gasteiger partial charge in [0.05, 0.1) is 5.92 Å². The van der Waals surface area contributed by atoms with Gasteiger partial charge in [-0.3, -0.25) is 4.79 Å². The number of hydrogen-bond donors (Lipinski definition) is 2. The van der Waals surface area contributed by atoms with Gasteiger partial charge < -0.3 is 15.4 Å². The summed E-state index contributed by atoms with van der Waals surface area (Å²) in [6, 6.07) is 4.67. The van der Waals surface area contributed by atoms with Gasteiger partial charge in [-0.25, -0.2) is 4.39 Å². The fourth-order valence-electron chi connectivity index (χ4n) is 1.93.